The summed E-state index contributed by atoms with van der Waals surface area (Å²) in [5, 5.41) is 8.98. The number of rotatable bonds is 1. The molecule has 0 radical (unpaired) electrons. The highest BCUT2D eigenvalue weighted by molar-refractivity contribution is 9.10. The van der Waals surface area contributed by atoms with E-state index in [1.165, 1.54) is 0 Å². The van der Waals surface area contributed by atoms with E-state index in [1.807, 2.05) is 0 Å². The smallest absolute Gasteiger partial charge is 0.421 e. The molecule has 5 nitrogen and oxygen atoms in total. The van der Waals surface area contributed by atoms with Gasteiger partial charge < -0.3 is 5.11 Å². The first-order chi connectivity index (χ1) is 8.86. The third-order valence-corrected chi connectivity index (χ3v) is 3.96. The molecule has 6 heteroatoms. The molecule has 0 saturated carbocycles. The molecule has 0 bridgehead atoms. The maximum Gasteiger partial charge on any atom is 0.421 e. The number of hydrogen-bond donors (Lipinski definition) is 1. The largest absolute Gasteiger partial charge is 0.464 e. The molecular weight excluding hydrogens is 314 g/mol. The molecule has 1 unspecified atom stereocenters. The van der Waals surface area contributed by atoms with Crippen LogP contribution in [0.2, 0.25) is 0 Å². The molecule has 0 aromatic heterocycles. The fourth-order valence-electron chi connectivity index (χ4n) is 2.21. The van der Waals surface area contributed by atoms with Gasteiger partial charge in [-0.25, -0.2) is 4.79 Å². The van der Waals surface area contributed by atoms with E-state index in [9.17, 15) is 14.4 Å². The van der Waals surface area contributed by atoms with E-state index in [0.29, 0.717) is 16.9 Å². The van der Waals surface area contributed by atoms with Gasteiger partial charge in [-0.2, -0.15) is 4.90 Å². The number of hydrogen-bond acceptors (Lipinski definition) is 3. The Hall–Kier alpha value is -1.69. The van der Waals surface area contributed by atoms with E-state index in [1.54, 1.807) is 31.2 Å². The fraction of sp³-hybridized carbons (Fsp3) is 0.308. The molecule has 1 aliphatic rings. The predicted molar refractivity (Wildman–Crippen MR) is 70.6 cm³/mol. The molecule has 1 aromatic carbocycles. The monoisotopic (exact) mass is 325 g/mol. The third-order valence-electron chi connectivity index (χ3n) is 3.44. The Bertz CT molecular complexity index is 554. The lowest BCUT2D eigenvalue weighted by Crippen LogP contribution is -2.54. The van der Waals surface area contributed by atoms with Crippen molar-refractivity contribution in [3.05, 3.63) is 34.3 Å². The first-order valence-corrected chi connectivity index (χ1v) is 6.52. The molecule has 1 aromatic rings. The minimum absolute atomic E-state index is 0.0462. The van der Waals surface area contributed by atoms with Gasteiger partial charge in [0.25, 0.3) is 0 Å². The highest BCUT2D eigenvalue weighted by atomic mass is 79.9. The van der Waals surface area contributed by atoms with Crippen molar-refractivity contribution in [2.75, 3.05) is 0 Å². The molecule has 0 aliphatic carbocycles. The van der Waals surface area contributed by atoms with Crippen molar-refractivity contribution in [2.45, 2.75) is 25.2 Å². The lowest BCUT2D eigenvalue weighted by atomic mass is 9.75. The molecule has 1 atom stereocenters. The molecule has 1 N–H and O–H groups in total. The Morgan fingerprint density at radius 2 is 1.89 bits per heavy atom. The van der Waals surface area contributed by atoms with Crippen LogP contribution in [0.25, 0.3) is 0 Å². The van der Waals surface area contributed by atoms with Crippen LogP contribution in [-0.2, 0) is 15.0 Å². The van der Waals surface area contributed by atoms with Crippen molar-refractivity contribution in [3.63, 3.8) is 0 Å². The number of amides is 3. The third kappa shape index (κ3) is 2.28. The summed E-state index contributed by atoms with van der Waals surface area (Å²) in [6, 6.07) is 7.10. The first-order valence-electron chi connectivity index (χ1n) is 5.72. The summed E-state index contributed by atoms with van der Waals surface area (Å²) in [5.74, 6) is -1.34. The maximum absolute atomic E-state index is 12.3. The SMILES string of the molecule is CC1(c2ccc(Br)cc2)CCC(=O)N(C(=O)O)C1=O. The van der Waals surface area contributed by atoms with E-state index in [4.69, 9.17) is 5.11 Å². The average molecular weight is 326 g/mol. The minimum Gasteiger partial charge on any atom is -0.464 e. The van der Waals surface area contributed by atoms with Crippen LogP contribution in [0, 0.1) is 0 Å². The zero-order chi connectivity index (χ0) is 14.2. The molecule has 1 aliphatic heterocycles. The number of nitrogens with zero attached hydrogens (tertiary/aromatic N) is 1. The van der Waals surface area contributed by atoms with Crippen molar-refractivity contribution >= 4 is 33.8 Å². The van der Waals surface area contributed by atoms with Gasteiger partial charge in [0.1, 0.15) is 0 Å². The van der Waals surface area contributed by atoms with Gasteiger partial charge in [0.05, 0.1) is 5.41 Å². The maximum atomic E-state index is 12.3. The molecule has 1 fully saturated rings. The van der Waals surface area contributed by atoms with Crippen molar-refractivity contribution in [1.29, 1.82) is 0 Å². The van der Waals surface area contributed by atoms with Gasteiger partial charge in [0.2, 0.25) is 11.8 Å². The molecule has 100 valence electrons. The number of likely N-dealkylation sites (tertiary alicyclic amines) is 1. The van der Waals surface area contributed by atoms with Crippen LogP contribution in [0.15, 0.2) is 28.7 Å². The Morgan fingerprint density at radius 3 is 2.42 bits per heavy atom. The lowest BCUT2D eigenvalue weighted by molar-refractivity contribution is -0.149. The summed E-state index contributed by atoms with van der Waals surface area (Å²) in [7, 11) is 0. The molecular formula is C13H12BrNO4. The second-order valence-corrected chi connectivity index (χ2v) is 5.57. The number of piperidine rings is 1. The quantitative estimate of drug-likeness (QED) is 0.805. The van der Waals surface area contributed by atoms with Gasteiger partial charge in [-0.05, 0) is 31.0 Å². The fourth-order valence-corrected chi connectivity index (χ4v) is 2.48. The number of carbonyl (C=O) groups is 3. The van der Waals surface area contributed by atoms with Crippen molar-refractivity contribution in [3.8, 4) is 0 Å². The Balaban J connectivity index is 2.43. The summed E-state index contributed by atoms with van der Waals surface area (Å²) in [6.45, 7) is 1.67. The highest BCUT2D eigenvalue weighted by Crippen LogP contribution is 2.35. The Labute approximate surface area is 118 Å². The van der Waals surface area contributed by atoms with Gasteiger partial charge in [-0.15, -0.1) is 0 Å². The highest BCUT2D eigenvalue weighted by Gasteiger charge is 2.47. The van der Waals surface area contributed by atoms with E-state index < -0.39 is 23.3 Å². The van der Waals surface area contributed by atoms with E-state index >= 15 is 0 Å². The number of carbonyl (C=O) groups excluding carboxylic acids is 2. The summed E-state index contributed by atoms with van der Waals surface area (Å²) < 4.78 is 0.870. The van der Waals surface area contributed by atoms with Crippen LogP contribution in [0.1, 0.15) is 25.3 Å². The Kier molecular flexibility index (Phi) is 3.45. The zero-order valence-electron chi connectivity index (χ0n) is 10.2. The summed E-state index contributed by atoms with van der Waals surface area (Å²) in [5.41, 5.74) is -0.271. The second kappa shape index (κ2) is 4.77. The Morgan fingerprint density at radius 1 is 1.32 bits per heavy atom. The minimum atomic E-state index is -1.52. The van der Waals surface area contributed by atoms with E-state index in [0.717, 1.165) is 4.47 Å². The van der Waals surface area contributed by atoms with Crippen LogP contribution in [0.4, 0.5) is 4.79 Å². The van der Waals surface area contributed by atoms with Crippen LogP contribution < -0.4 is 0 Å². The normalized spacial score (nSPS) is 23.6. The van der Waals surface area contributed by atoms with Crippen molar-refractivity contribution < 1.29 is 19.5 Å². The number of imide groups is 3. The number of halogens is 1. The van der Waals surface area contributed by atoms with Gasteiger partial charge >= 0.3 is 6.09 Å². The predicted octanol–water partition coefficient (Wildman–Crippen LogP) is 2.53. The van der Waals surface area contributed by atoms with Gasteiger partial charge in [0.15, 0.2) is 0 Å². The van der Waals surface area contributed by atoms with Gasteiger partial charge in [-0.3, -0.25) is 9.59 Å². The number of benzene rings is 1. The molecule has 1 saturated heterocycles. The summed E-state index contributed by atoms with van der Waals surface area (Å²) in [6.07, 6.45) is -1.15. The molecule has 2 rings (SSSR count). The second-order valence-electron chi connectivity index (χ2n) is 4.66. The van der Waals surface area contributed by atoms with E-state index in [2.05, 4.69) is 15.9 Å². The average Bonchev–Trinajstić information content (AvgIpc) is 2.35. The molecule has 19 heavy (non-hydrogen) atoms. The van der Waals surface area contributed by atoms with Gasteiger partial charge in [0, 0.05) is 10.9 Å². The van der Waals surface area contributed by atoms with Crippen LogP contribution in [-0.4, -0.2) is 27.9 Å². The lowest BCUT2D eigenvalue weighted by Gasteiger charge is -2.36. The van der Waals surface area contributed by atoms with Crippen molar-refractivity contribution in [1.82, 2.24) is 4.90 Å². The van der Waals surface area contributed by atoms with Crippen LogP contribution in [0.3, 0.4) is 0 Å². The van der Waals surface area contributed by atoms with E-state index in [-0.39, 0.29) is 6.42 Å². The summed E-state index contributed by atoms with van der Waals surface area (Å²) >= 11 is 3.30. The van der Waals surface area contributed by atoms with Crippen LogP contribution in [0.5, 0.6) is 0 Å². The molecule has 1 heterocycles. The first kappa shape index (κ1) is 13.7. The molecule has 0 spiro atoms. The topological polar surface area (TPSA) is 74.7 Å². The zero-order valence-corrected chi connectivity index (χ0v) is 11.8. The molecule has 3 amide bonds. The van der Waals surface area contributed by atoms with Gasteiger partial charge in [-0.1, -0.05) is 28.1 Å². The number of carboxylic acid groups (broad SMARTS) is 1. The van der Waals surface area contributed by atoms with Crippen molar-refractivity contribution in [2.24, 2.45) is 0 Å². The van der Waals surface area contributed by atoms with Crippen LogP contribution >= 0.6 is 15.9 Å². The summed E-state index contributed by atoms with van der Waals surface area (Å²) in [4.78, 5) is 35.2. The standard InChI is InChI=1S/C13H12BrNO4/c1-13(8-2-4-9(14)5-3-8)7-6-10(16)15(11(13)17)12(18)19/h2-5H,6-7H2,1H3,(H,18,19).